The lowest BCUT2D eigenvalue weighted by atomic mass is 9.52. The Morgan fingerprint density at radius 3 is 2.65 bits per heavy atom. The fourth-order valence-corrected chi connectivity index (χ4v) is 7.23. The zero-order chi connectivity index (χ0) is 22.6. The van der Waals surface area contributed by atoms with Crippen molar-refractivity contribution in [3.8, 4) is 0 Å². The highest BCUT2D eigenvalue weighted by Gasteiger charge is 2.75. The van der Waals surface area contributed by atoms with Gasteiger partial charge in [0.2, 0.25) is 0 Å². The third kappa shape index (κ3) is 3.47. The van der Waals surface area contributed by atoms with Crippen molar-refractivity contribution in [3.63, 3.8) is 0 Å². The maximum absolute atomic E-state index is 13.1. The Hall–Kier alpha value is -1.34. The van der Waals surface area contributed by atoms with Crippen LogP contribution in [0, 0.1) is 23.2 Å². The van der Waals surface area contributed by atoms with Gasteiger partial charge >= 0.3 is 0 Å². The van der Waals surface area contributed by atoms with Gasteiger partial charge in [0.1, 0.15) is 6.61 Å². The summed E-state index contributed by atoms with van der Waals surface area (Å²) in [6.45, 7) is 7.06. The second kappa shape index (κ2) is 7.91. The summed E-state index contributed by atoms with van der Waals surface area (Å²) in [4.78, 5) is 25.3. The molecule has 7 atom stereocenters. The van der Waals surface area contributed by atoms with Gasteiger partial charge in [-0.15, -0.1) is 0 Å². The van der Waals surface area contributed by atoms with E-state index in [4.69, 9.17) is 9.47 Å². The van der Waals surface area contributed by atoms with E-state index in [1.807, 2.05) is 19.9 Å². The van der Waals surface area contributed by atoms with Crippen molar-refractivity contribution in [1.82, 2.24) is 0 Å². The average Bonchev–Trinajstić information content (AvgIpc) is 3.12. The largest absolute Gasteiger partial charge is 0.393 e. The molecule has 6 heteroatoms. The molecule has 172 valence electrons. The summed E-state index contributed by atoms with van der Waals surface area (Å²) in [6, 6.07) is 0. The van der Waals surface area contributed by atoms with Crippen LogP contribution >= 0.6 is 0 Å². The molecule has 1 unspecified atom stereocenters. The molecule has 2 N–H and O–H groups in total. The number of Topliss-reactive ketones (excluding diaryl/α,β-unsaturated/α-hetero) is 1. The lowest BCUT2D eigenvalue weighted by molar-refractivity contribution is -0.221. The molecule has 4 aliphatic rings. The van der Waals surface area contributed by atoms with Crippen LogP contribution in [0.4, 0.5) is 0 Å². The molecule has 0 radical (unpaired) electrons. The predicted molar refractivity (Wildman–Crippen MR) is 115 cm³/mol. The zero-order valence-electron chi connectivity index (χ0n) is 19.1. The van der Waals surface area contributed by atoms with Gasteiger partial charge in [-0.2, -0.15) is 0 Å². The van der Waals surface area contributed by atoms with E-state index in [-0.39, 0.29) is 29.3 Å². The standard InChI is InChI=1S/C25H36O6/c1-5-6-7-16(27)10-15-8-9-17-18(11-15)20(28)13-24(4)19(17)12-22-25(24,21(29)14-26)31-23(2,3)30-22/h6-7,10,17-20,22,26,28H,5,8-9,11-14H2,1-4H3/b7-6-,15-10-/t17?,18-,19+,20+,22-,24+,25-/m1/s1. The van der Waals surface area contributed by atoms with Crippen molar-refractivity contribution in [3.05, 3.63) is 23.8 Å². The van der Waals surface area contributed by atoms with Gasteiger partial charge in [0.25, 0.3) is 0 Å². The number of aliphatic hydroxyl groups excluding tert-OH is 2. The number of hydrogen-bond donors (Lipinski definition) is 2. The highest BCUT2D eigenvalue weighted by Crippen LogP contribution is 2.68. The minimum Gasteiger partial charge on any atom is -0.393 e. The summed E-state index contributed by atoms with van der Waals surface area (Å²) < 4.78 is 12.5. The molecule has 1 saturated heterocycles. The van der Waals surface area contributed by atoms with Gasteiger partial charge in [-0.05, 0) is 82.3 Å². The van der Waals surface area contributed by atoms with Gasteiger partial charge in [0.15, 0.2) is 23.0 Å². The topological polar surface area (TPSA) is 93.1 Å². The first-order chi connectivity index (χ1) is 14.6. The smallest absolute Gasteiger partial charge is 0.193 e. The number of hydrogen-bond acceptors (Lipinski definition) is 6. The van der Waals surface area contributed by atoms with Crippen molar-refractivity contribution in [1.29, 1.82) is 0 Å². The summed E-state index contributed by atoms with van der Waals surface area (Å²) in [5, 5.41) is 21.0. The lowest BCUT2D eigenvalue weighted by Gasteiger charge is -2.55. The van der Waals surface area contributed by atoms with Crippen molar-refractivity contribution < 1.29 is 29.3 Å². The van der Waals surface area contributed by atoms with Crippen molar-refractivity contribution in [2.45, 2.75) is 89.8 Å². The van der Waals surface area contributed by atoms with Crippen molar-refractivity contribution in [2.24, 2.45) is 23.2 Å². The second-order valence-corrected chi connectivity index (χ2v) is 10.5. The maximum atomic E-state index is 13.1. The first kappa shape index (κ1) is 22.8. The summed E-state index contributed by atoms with van der Waals surface area (Å²) in [5.41, 5.74) is -0.728. The molecule has 3 saturated carbocycles. The van der Waals surface area contributed by atoms with Crippen molar-refractivity contribution >= 4 is 11.6 Å². The van der Waals surface area contributed by atoms with Crippen LogP contribution in [0.5, 0.6) is 0 Å². The molecule has 4 rings (SSSR count). The number of carbonyl (C=O) groups excluding carboxylic acids is 2. The number of ether oxygens (including phenoxy) is 2. The average molecular weight is 433 g/mol. The summed E-state index contributed by atoms with van der Waals surface area (Å²) >= 11 is 0. The Morgan fingerprint density at radius 2 is 1.97 bits per heavy atom. The molecule has 1 aliphatic heterocycles. The van der Waals surface area contributed by atoms with Gasteiger partial charge in [0, 0.05) is 5.41 Å². The Kier molecular flexibility index (Phi) is 5.83. The van der Waals surface area contributed by atoms with Crippen LogP contribution in [0.25, 0.3) is 0 Å². The van der Waals surface area contributed by atoms with Crippen LogP contribution in [0.3, 0.4) is 0 Å². The van der Waals surface area contributed by atoms with E-state index in [0.29, 0.717) is 19.3 Å². The Balaban J connectivity index is 1.63. The normalized spacial score (nSPS) is 44.8. The van der Waals surface area contributed by atoms with Crippen LogP contribution in [-0.2, 0) is 19.1 Å². The van der Waals surface area contributed by atoms with Gasteiger partial charge < -0.3 is 19.7 Å². The summed E-state index contributed by atoms with van der Waals surface area (Å²) in [5.74, 6) is -0.777. The first-order valence-corrected chi connectivity index (χ1v) is 11.7. The number of ketones is 2. The van der Waals surface area contributed by atoms with E-state index in [1.165, 1.54) is 0 Å². The number of fused-ring (bicyclic) bond motifs is 5. The first-order valence-electron chi connectivity index (χ1n) is 11.7. The van der Waals surface area contributed by atoms with Gasteiger partial charge in [-0.3, -0.25) is 9.59 Å². The van der Waals surface area contributed by atoms with E-state index in [0.717, 1.165) is 24.8 Å². The number of rotatable bonds is 5. The van der Waals surface area contributed by atoms with Gasteiger partial charge in [-0.1, -0.05) is 25.5 Å². The van der Waals surface area contributed by atoms with E-state index in [2.05, 4.69) is 0 Å². The Labute approximate surface area is 184 Å². The fourth-order valence-electron chi connectivity index (χ4n) is 7.23. The number of allylic oxidation sites excluding steroid dienone is 4. The van der Waals surface area contributed by atoms with E-state index in [1.54, 1.807) is 26.0 Å². The van der Waals surface area contributed by atoms with Crippen LogP contribution in [0.15, 0.2) is 23.8 Å². The monoisotopic (exact) mass is 432 g/mol. The lowest BCUT2D eigenvalue weighted by Crippen LogP contribution is -2.62. The minimum atomic E-state index is -1.22. The quantitative estimate of drug-likeness (QED) is 0.649. The van der Waals surface area contributed by atoms with E-state index < -0.39 is 35.6 Å². The molecule has 0 aromatic rings. The second-order valence-electron chi connectivity index (χ2n) is 10.5. The SMILES string of the molecule is CC/C=C\C(=O)/C=C1/CCC2[C@@H](C1)[C@@H](O)C[C@@]1(C)[C@H]2C[C@H]2OC(C)(C)O[C@]21C(=O)CO. The molecule has 1 heterocycles. The molecule has 0 bridgehead atoms. The van der Waals surface area contributed by atoms with E-state index >= 15 is 0 Å². The van der Waals surface area contributed by atoms with E-state index in [9.17, 15) is 19.8 Å². The molecule has 0 aromatic heterocycles. The molecule has 31 heavy (non-hydrogen) atoms. The molecule has 0 aromatic carbocycles. The molecular formula is C25H36O6. The Bertz CT molecular complexity index is 813. The summed E-state index contributed by atoms with van der Waals surface area (Å²) in [7, 11) is 0. The fraction of sp³-hybridized carbons (Fsp3) is 0.760. The number of aliphatic hydroxyl groups is 2. The molecule has 4 fully saturated rings. The molecule has 3 aliphatic carbocycles. The van der Waals surface area contributed by atoms with Crippen LogP contribution in [0.2, 0.25) is 0 Å². The minimum absolute atomic E-state index is 0.0114. The highest BCUT2D eigenvalue weighted by atomic mass is 16.8. The molecule has 0 spiro atoms. The van der Waals surface area contributed by atoms with Crippen LogP contribution in [-0.4, -0.2) is 52.0 Å². The van der Waals surface area contributed by atoms with Gasteiger partial charge in [0.05, 0.1) is 12.2 Å². The number of carbonyl (C=O) groups is 2. The van der Waals surface area contributed by atoms with Gasteiger partial charge in [-0.25, -0.2) is 0 Å². The third-order valence-corrected chi connectivity index (χ3v) is 8.33. The van der Waals surface area contributed by atoms with Crippen molar-refractivity contribution in [2.75, 3.05) is 6.61 Å². The summed E-state index contributed by atoms with van der Waals surface area (Å²) in [6.07, 6.45) is 8.56. The molecular weight excluding hydrogens is 396 g/mol. The van der Waals surface area contributed by atoms with Crippen LogP contribution in [0.1, 0.15) is 66.2 Å². The maximum Gasteiger partial charge on any atom is 0.193 e. The molecule has 6 nitrogen and oxygen atoms in total. The van der Waals surface area contributed by atoms with Crippen LogP contribution < -0.4 is 0 Å². The molecule has 0 amide bonds. The Morgan fingerprint density at radius 1 is 1.23 bits per heavy atom. The zero-order valence-corrected chi connectivity index (χ0v) is 19.1. The predicted octanol–water partition coefficient (Wildman–Crippen LogP) is 3.11. The third-order valence-electron chi connectivity index (χ3n) is 8.33. The highest BCUT2D eigenvalue weighted by molar-refractivity contribution is 5.99.